The number of aliphatic carboxylic acids is 2. The van der Waals surface area contributed by atoms with Crippen LogP contribution in [0, 0.1) is 39.9 Å². The van der Waals surface area contributed by atoms with Crippen LogP contribution in [0.4, 0.5) is 0 Å². The molecule has 24 heavy (non-hydrogen) atoms. The number of hydrogen-bond donors (Lipinski definition) is 2. The smallest absolute Gasteiger partial charge is 0.309 e. The molecule has 0 heterocycles. The van der Waals surface area contributed by atoms with E-state index in [-0.39, 0.29) is 22.7 Å². The molecular formula is C20H30O4. The van der Waals surface area contributed by atoms with Crippen molar-refractivity contribution in [2.75, 3.05) is 0 Å². The van der Waals surface area contributed by atoms with Crippen molar-refractivity contribution in [3.63, 3.8) is 0 Å². The number of fused-ring (bicyclic) bond motifs is 3. The maximum atomic E-state index is 12.1. The summed E-state index contributed by atoms with van der Waals surface area (Å²) in [7, 11) is 0. The fourth-order valence-electron chi connectivity index (χ4n) is 7.99. The van der Waals surface area contributed by atoms with Crippen molar-refractivity contribution in [2.45, 2.75) is 71.6 Å². The van der Waals surface area contributed by atoms with Crippen molar-refractivity contribution >= 4 is 11.9 Å². The zero-order valence-corrected chi connectivity index (χ0v) is 14.9. The van der Waals surface area contributed by atoms with E-state index in [1.54, 1.807) is 0 Å². The Morgan fingerprint density at radius 3 is 2.33 bits per heavy atom. The maximum absolute atomic E-state index is 12.1. The Morgan fingerprint density at radius 1 is 0.917 bits per heavy atom. The molecule has 4 heteroatoms. The quantitative estimate of drug-likeness (QED) is 0.794. The van der Waals surface area contributed by atoms with E-state index in [0.29, 0.717) is 11.8 Å². The summed E-state index contributed by atoms with van der Waals surface area (Å²) in [5, 5.41) is 19.5. The molecule has 0 radical (unpaired) electrons. The van der Waals surface area contributed by atoms with Crippen LogP contribution in [0.1, 0.15) is 71.6 Å². The lowest BCUT2D eigenvalue weighted by Gasteiger charge is -2.63. The second kappa shape index (κ2) is 4.98. The second-order valence-corrected chi connectivity index (χ2v) is 9.78. The van der Waals surface area contributed by atoms with Gasteiger partial charge in [0.1, 0.15) is 0 Å². The van der Waals surface area contributed by atoms with Crippen LogP contribution in [0.5, 0.6) is 0 Å². The van der Waals surface area contributed by atoms with Gasteiger partial charge in [-0.05, 0) is 86.9 Å². The van der Waals surface area contributed by atoms with Gasteiger partial charge in [0.15, 0.2) is 0 Å². The average Bonchev–Trinajstić information content (AvgIpc) is 2.78. The van der Waals surface area contributed by atoms with Gasteiger partial charge in [0.05, 0.1) is 11.3 Å². The summed E-state index contributed by atoms with van der Waals surface area (Å²) in [5.74, 6) is -0.282. The maximum Gasteiger partial charge on any atom is 0.309 e. The summed E-state index contributed by atoms with van der Waals surface area (Å²) in [6.45, 7) is 4.31. The van der Waals surface area contributed by atoms with Gasteiger partial charge in [0, 0.05) is 0 Å². The van der Waals surface area contributed by atoms with E-state index in [0.717, 1.165) is 57.8 Å². The minimum absolute atomic E-state index is 0.0714. The second-order valence-electron chi connectivity index (χ2n) is 9.78. The number of hydrogen-bond acceptors (Lipinski definition) is 2. The minimum atomic E-state index is -0.627. The molecule has 2 bridgehead atoms. The highest BCUT2D eigenvalue weighted by Gasteiger charge is 2.66. The Morgan fingerprint density at radius 2 is 1.67 bits per heavy atom. The van der Waals surface area contributed by atoms with Crippen LogP contribution in [0.2, 0.25) is 0 Å². The predicted octanol–water partition coefficient (Wildman–Crippen LogP) is 4.18. The summed E-state index contributed by atoms with van der Waals surface area (Å²) in [5.41, 5.74) is -0.355. The highest BCUT2D eigenvalue weighted by molar-refractivity contribution is 5.75. The van der Waals surface area contributed by atoms with Crippen molar-refractivity contribution in [2.24, 2.45) is 39.9 Å². The van der Waals surface area contributed by atoms with E-state index in [2.05, 4.69) is 6.92 Å². The van der Waals surface area contributed by atoms with E-state index in [1.165, 1.54) is 0 Å². The van der Waals surface area contributed by atoms with E-state index in [1.807, 2.05) is 6.92 Å². The Hall–Kier alpha value is -1.06. The van der Waals surface area contributed by atoms with E-state index >= 15 is 0 Å². The summed E-state index contributed by atoms with van der Waals surface area (Å²) in [6, 6.07) is 0. The van der Waals surface area contributed by atoms with Gasteiger partial charge in [0.2, 0.25) is 0 Å². The average molecular weight is 334 g/mol. The van der Waals surface area contributed by atoms with Crippen LogP contribution in [0.25, 0.3) is 0 Å². The molecule has 0 saturated heterocycles. The molecule has 4 aliphatic rings. The standard InChI is InChI=1S/C20H30O4/c1-18-7-3-8-19(2,17(23)24)14(18)6-9-20-10-12(4-5-15(18)20)13(11-20)16(21)22/h12-15H,3-11H2,1-2H3,(H,21,22)(H,23,24)/t12?,13-,14+,15+,18-,19-,20+/m1/s1. The molecule has 4 nitrogen and oxygen atoms in total. The highest BCUT2D eigenvalue weighted by atomic mass is 16.4. The van der Waals surface area contributed by atoms with Gasteiger partial charge in [-0.2, -0.15) is 0 Å². The highest BCUT2D eigenvalue weighted by Crippen LogP contribution is 2.72. The van der Waals surface area contributed by atoms with E-state index in [4.69, 9.17) is 0 Å². The van der Waals surface area contributed by atoms with Gasteiger partial charge in [-0.1, -0.05) is 13.3 Å². The summed E-state index contributed by atoms with van der Waals surface area (Å²) in [4.78, 5) is 23.7. The van der Waals surface area contributed by atoms with Gasteiger partial charge in [0.25, 0.3) is 0 Å². The molecule has 7 atom stereocenters. The third kappa shape index (κ3) is 1.91. The number of rotatable bonds is 2. The fourth-order valence-corrected chi connectivity index (χ4v) is 7.99. The van der Waals surface area contributed by atoms with Crippen LogP contribution >= 0.6 is 0 Å². The van der Waals surface area contributed by atoms with Crippen molar-refractivity contribution in [3.05, 3.63) is 0 Å². The zero-order chi connectivity index (χ0) is 17.3. The Bertz CT molecular complexity index is 586. The first kappa shape index (κ1) is 16.4. The zero-order valence-electron chi connectivity index (χ0n) is 14.9. The monoisotopic (exact) mass is 334 g/mol. The Labute approximate surface area is 144 Å². The van der Waals surface area contributed by atoms with Crippen molar-refractivity contribution < 1.29 is 19.8 Å². The van der Waals surface area contributed by atoms with E-state index < -0.39 is 17.4 Å². The lowest BCUT2D eigenvalue weighted by atomic mass is 9.41. The number of carboxylic acid groups (broad SMARTS) is 2. The number of carboxylic acids is 2. The molecule has 0 aromatic heterocycles. The molecule has 4 aliphatic carbocycles. The third-order valence-corrected chi connectivity index (χ3v) is 8.94. The van der Waals surface area contributed by atoms with Crippen LogP contribution in [0.15, 0.2) is 0 Å². The van der Waals surface area contributed by atoms with Crippen molar-refractivity contribution in [1.29, 1.82) is 0 Å². The topological polar surface area (TPSA) is 74.6 Å². The molecule has 0 amide bonds. The van der Waals surface area contributed by atoms with Crippen LogP contribution < -0.4 is 0 Å². The molecule has 1 unspecified atom stereocenters. The lowest BCUT2D eigenvalue weighted by molar-refractivity contribution is -0.181. The molecule has 2 N–H and O–H groups in total. The molecule has 134 valence electrons. The minimum Gasteiger partial charge on any atom is -0.481 e. The summed E-state index contributed by atoms with van der Waals surface area (Å²) >= 11 is 0. The van der Waals surface area contributed by atoms with E-state index in [9.17, 15) is 19.8 Å². The first-order valence-corrected chi connectivity index (χ1v) is 9.69. The predicted molar refractivity (Wildman–Crippen MR) is 89.4 cm³/mol. The molecule has 4 rings (SSSR count). The van der Waals surface area contributed by atoms with Crippen molar-refractivity contribution in [1.82, 2.24) is 0 Å². The molecule has 4 saturated carbocycles. The SMILES string of the molecule is C[C@@]12CCC[C@@](C)(C(=O)O)[C@H]1CC[C@@]13CC(CC[C@H]12)[C@H](C(=O)O)C3. The Kier molecular flexibility index (Phi) is 3.41. The first-order chi connectivity index (χ1) is 11.2. The molecular weight excluding hydrogens is 304 g/mol. The van der Waals surface area contributed by atoms with Gasteiger partial charge in [-0.3, -0.25) is 9.59 Å². The van der Waals surface area contributed by atoms with Crippen LogP contribution in [0.3, 0.4) is 0 Å². The number of carbonyl (C=O) groups is 2. The van der Waals surface area contributed by atoms with Crippen molar-refractivity contribution in [3.8, 4) is 0 Å². The fraction of sp³-hybridized carbons (Fsp3) is 0.900. The Balaban J connectivity index is 1.71. The normalized spacial score (nSPS) is 53.1. The van der Waals surface area contributed by atoms with Gasteiger partial charge in [-0.25, -0.2) is 0 Å². The molecule has 0 aromatic carbocycles. The van der Waals surface area contributed by atoms with Crippen LogP contribution in [-0.2, 0) is 9.59 Å². The molecule has 0 aliphatic heterocycles. The summed E-state index contributed by atoms with van der Waals surface area (Å²) < 4.78 is 0. The molecule has 0 aromatic rings. The van der Waals surface area contributed by atoms with Crippen LogP contribution in [-0.4, -0.2) is 22.2 Å². The van der Waals surface area contributed by atoms with Gasteiger partial charge in [-0.15, -0.1) is 0 Å². The molecule has 4 fully saturated rings. The van der Waals surface area contributed by atoms with Gasteiger partial charge >= 0.3 is 11.9 Å². The largest absolute Gasteiger partial charge is 0.481 e. The lowest BCUT2D eigenvalue weighted by Crippen LogP contribution is -2.58. The summed E-state index contributed by atoms with van der Waals surface area (Å²) in [6.07, 6.45) is 8.96. The third-order valence-electron chi connectivity index (χ3n) is 8.94. The molecule has 1 spiro atoms. The van der Waals surface area contributed by atoms with Gasteiger partial charge < -0.3 is 10.2 Å². The first-order valence-electron chi connectivity index (χ1n) is 9.69.